The molecule has 1 atom stereocenters. The molecule has 3 aromatic rings. The fourth-order valence-electron chi connectivity index (χ4n) is 3.26. The summed E-state index contributed by atoms with van der Waals surface area (Å²) in [5.41, 5.74) is 13.4. The Morgan fingerprint density at radius 3 is 3.08 bits per heavy atom. The Bertz CT molecular complexity index is 953. The van der Waals surface area contributed by atoms with Crippen molar-refractivity contribution in [3.05, 3.63) is 30.5 Å². The average molecular weight is 352 g/mol. The number of nitrogens with two attached hydrogens (primary N) is 2. The van der Waals surface area contributed by atoms with E-state index in [0.29, 0.717) is 11.5 Å². The third kappa shape index (κ3) is 3.16. The minimum Gasteiger partial charge on any atom is -0.355 e. The highest BCUT2D eigenvalue weighted by Crippen LogP contribution is 2.28. The first-order chi connectivity index (χ1) is 12.6. The van der Waals surface area contributed by atoms with Crippen molar-refractivity contribution in [3.63, 3.8) is 0 Å². The molecule has 0 saturated carbocycles. The molecule has 1 aliphatic heterocycles. The SMILES string of the molecule is NC(=O)Nc1cc2c(-c3cccc(N4CCCC(N)C4)n3)n[nH]c2cn1. The maximum absolute atomic E-state index is 11.1. The number of hydrogen-bond acceptors (Lipinski definition) is 6. The molecule has 9 heteroatoms. The number of aromatic amines is 1. The third-order valence-electron chi connectivity index (χ3n) is 4.46. The van der Waals surface area contributed by atoms with Crippen LogP contribution in [0.3, 0.4) is 0 Å². The topological polar surface area (TPSA) is 139 Å². The van der Waals surface area contributed by atoms with Gasteiger partial charge in [0.15, 0.2) is 0 Å². The van der Waals surface area contributed by atoms with Crippen molar-refractivity contribution in [2.75, 3.05) is 23.3 Å². The second-order valence-electron chi connectivity index (χ2n) is 6.41. The van der Waals surface area contributed by atoms with Gasteiger partial charge in [-0.2, -0.15) is 5.10 Å². The van der Waals surface area contributed by atoms with E-state index in [1.807, 2.05) is 18.2 Å². The highest BCUT2D eigenvalue weighted by molar-refractivity contribution is 5.95. The second-order valence-corrected chi connectivity index (χ2v) is 6.41. The molecule has 0 spiro atoms. The number of rotatable bonds is 3. The van der Waals surface area contributed by atoms with Crippen LogP contribution in [0.4, 0.5) is 16.4 Å². The lowest BCUT2D eigenvalue weighted by molar-refractivity contribution is 0.259. The molecule has 6 N–H and O–H groups in total. The molecule has 26 heavy (non-hydrogen) atoms. The molecule has 0 bridgehead atoms. The predicted molar refractivity (Wildman–Crippen MR) is 99.7 cm³/mol. The molecule has 1 saturated heterocycles. The van der Waals surface area contributed by atoms with Gasteiger partial charge in [-0.15, -0.1) is 0 Å². The summed E-state index contributed by atoms with van der Waals surface area (Å²) in [5.74, 6) is 1.25. The lowest BCUT2D eigenvalue weighted by atomic mass is 10.1. The highest BCUT2D eigenvalue weighted by Gasteiger charge is 2.19. The van der Waals surface area contributed by atoms with E-state index in [-0.39, 0.29) is 6.04 Å². The van der Waals surface area contributed by atoms with Crippen LogP contribution < -0.4 is 21.7 Å². The zero-order chi connectivity index (χ0) is 18.1. The van der Waals surface area contributed by atoms with Gasteiger partial charge in [0.1, 0.15) is 17.3 Å². The van der Waals surface area contributed by atoms with E-state index in [1.165, 1.54) is 0 Å². The van der Waals surface area contributed by atoms with Crippen molar-refractivity contribution in [1.82, 2.24) is 20.2 Å². The number of pyridine rings is 2. The number of urea groups is 1. The molecule has 1 fully saturated rings. The van der Waals surface area contributed by atoms with Crippen LogP contribution >= 0.6 is 0 Å². The number of carbonyl (C=O) groups excluding carboxylic acids is 1. The quantitative estimate of drug-likeness (QED) is 0.562. The van der Waals surface area contributed by atoms with Crippen LogP contribution in [0, 0.1) is 0 Å². The molecular weight excluding hydrogens is 332 g/mol. The van der Waals surface area contributed by atoms with Gasteiger partial charge in [0.25, 0.3) is 0 Å². The van der Waals surface area contributed by atoms with Crippen molar-refractivity contribution >= 4 is 28.6 Å². The lowest BCUT2D eigenvalue weighted by Gasteiger charge is -2.31. The zero-order valence-corrected chi connectivity index (χ0v) is 14.1. The number of hydrogen-bond donors (Lipinski definition) is 4. The summed E-state index contributed by atoms with van der Waals surface area (Å²) >= 11 is 0. The number of nitrogens with one attached hydrogen (secondary N) is 2. The fraction of sp³-hybridized carbons (Fsp3) is 0.294. The number of anilines is 2. The van der Waals surface area contributed by atoms with Gasteiger partial charge < -0.3 is 16.4 Å². The minimum atomic E-state index is -0.663. The van der Waals surface area contributed by atoms with Gasteiger partial charge in [-0.05, 0) is 31.0 Å². The van der Waals surface area contributed by atoms with E-state index in [4.69, 9.17) is 16.5 Å². The molecule has 0 aromatic carbocycles. The van der Waals surface area contributed by atoms with Crippen LogP contribution in [0.5, 0.6) is 0 Å². The standard InChI is InChI=1S/C17H20N8O/c18-10-3-2-6-25(9-10)15-5-1-4-12(21-15)16-11-7-14(22-17(19)26)20-8-13(11)23-24-16/h1,4-5,7-8,10H,2-3,6,9,18H2,(H,23,24)(H3,19,20,22,26). The summed E-state index contributed by atoms with van der Waals surface area (Å²) in [6.45, 7) is 1.75. The maximum Gasteiger partial charge on any atom is 0.317 e. The molecule has 134 valence electrons. The smallest absolute Gasteiger partial charge is 0.317 e. The molecule has 4 heterocycles. The van der Waals surface area contributed by atoms with Gasteiger partial charge in [0.2, 0.25) is 0 Å². The summed E-state index contributed by atoms with van der Waals surface area (Å²) in [6.07, 6.45) is 3.71. The van der Waals surface area contributed by atoms with E-state index in [0.717, 1.165) is 48.3 Å². The summed E-state index contributed by atoms with van der Waals surface area (Å²) in [7, 11) is 0. The Hall–Kier alpha value is -3.20. The Kier molecular flexibility index (Phi) is 4.13. The van der Waals surface area contributed by atoms with Crippen molar-refractivity contribution in [3.8, 4) is 11.4 Å². The summed E-state index contributed by atoms with van der Waals surface area (Å²) in [4.78, 5) is 22.2. The molecule has 9 nitrogen and oxygen atoms in total. The number of aromatic nitrogens is 4. The fourth-order valence-corrected chi connectivity index (χ4v) is 3.26. The first-order valence-corrected chi connectivity index (χ1v) is 8.48. The van der Waals surface area contributed by atoms with Crippen molar-refractivity contribution in [1.29, 1.82) is 0 Å². The number of carbonyl (C=O) groups is 1. The monoisotopic (exact) mass is 352 g/mol. The van der Waals surface area contributed by atoms with Crippen LogP contribution in [0.2, 0.25) is 0 Å². The molecule has 1 aliphatic rings. The van der Waals surface area contributed by atoms with Crippen LogP contribution in [-0.2, 0) is 0 Å². The number of amides is 2. The van der Waals surface area contributed by atoms with Gasteiger partial charge in [-0.25, -0.2) is 14.8 Å². The molecule has 0 aliphatic carbocycles. The van der Waals surface area contributed by atoms with E-state index in [2.05, 4.69) is 25.4 Å². The molecule has 0 radical (unpaired) electrons. The normalized spacial score (nSPS) is 17.4. The second kappa shape index (κ2) is 6.60. The van der Waals surface area contributed by atoms with Gasteiger partial charge in [0.05, 0.1) is 17.4 Å². The molecule has 3 aromatic heterocycles. The third-order valence-corrected chi connectivity index (χ3v) is 4.46. The Morgan fingerprint density at radius 1 is 1.38 bits per heavy atom. The van der Waals surface area contributed by atoms with E-state index in [9.17, 15) is 4.79 Å². The summed E-state index contributed by atoms with van der Waals surface area (Å²) < 4.78 is 0. The number of H-pyrrole nitrogens is 1. The highest BCUT2D eigenvalue weighted by atomic mass is 16.2. The van der Waals surface area contributed by atoms with Crippen molar-refractivity contribution in [2.45, 2.75) is 18.9 Å². The number of fused-ring (bicyclic) bond motifs is 1. The average Bonchev–Trinajstić information content (AvgIpc) is 3.04. The van der Waals surface area contributed by atoms with E-state index in [1.54, 1.807) is 12.3 Å². The van der Waals surface area contributed by atoms with Crippen molar-refractivity contribution < 1.29 is 4.79 Å². The van der Waals surface area contributed by atoms with Gasteiger partial charge in [0, 0.05) is 24.5 Å². The number of nitrogens with zero attached hydrogens (tertiary/aromatic N) is 4. The Morgan fingerprint density at radius 2 is 2.27 bits per heavy atom. The molecule has 2 amide bonds. The number of piperidine rings is 1. The maximum atomic E-state index is 11.1. The summed E-state index contributed by atoms with van der Waals surface area (Å²) in [6, 6.07) is 7.09. The van der Waals surface area contributed by atoms with Crippen LogP contribution in [0.15, 0.2) is 30.5 Å². The molecule has 4 rings (SSSR count). The van der Waals surface area contributed by atoms with Gasteiger partial charge >= 0.3 is 6.03 Å². The van der Waals surface area contributed by atoms with Crippen LogP contribution in [-0.4, -0.2) is 45.3 Å². The van der Waals surface area contributed by atoms with Gasteiger partial charge in [-0.3, -0.25) is 10.4 Å². The zero-order valence-electron chi connectivity index (χ0n) is 14.1. The largest absolute Gasteiger partial charge is 0.355 e. The minimum absolute atomic E-state index is 0.175. The van der Waals surface area contributed by atoms with E-state index >= 15 is 0 Å². The van der Waals surface area contributed by atoms with Crippen molar-refractivity contribution in [2.24, 2.45) is 11.5 Å². The first-order valence-electron chi connectivity index (χ1n) is 8.48. The van der Waals surface area contributed by atoms with Crippen LogP contribution in [0.25, 0.3) is 22.3 Å². The van der Waals surface area contributed by atoms with Crippen LogP contribution in [0.1, 0.15) is 12.8 Å². The Balaban J connectivity index is 1.71. The van der Waals surface area contributed by atoms with Gasteiger partial charge in [-0.1, -0.05) is 6.07 Å². The summed E-state index contributed by atoms with van der Waals surface area (Å²) in [5, 5.41) is 10.6. The predicted octanol–water partition coefficient (Wildman–Crippen LogP) is 1.44. The van der Waals surface area contributed by atoms with E-state index < -0.39 is 6.03 Å². The molecular formula is C17H20N8O. The lowest BCUT2D eigenvalue weighted by Crippen LogP contribution is -2.43. The Labute approximate surface area is 149 Å². The number of primary amides is 1. The first kappa shape index (κ1) is 16.3. The molecule has 1 unspecified atom stereocenters.